The highest BCUT2D eigenvalue weighted by atomic mass is 32.1. The number of rotatable bonds is 5. The fraction of sp³-hybridized carbons (Fsp3) is 0.429. The van der Waals surface area contributed by atoms with Crippen molar-refractivity contribution in [3.8, 4) is 0 Å². The lowest BCUT2D eigenvalue weighted by Crippen LogP contribution is -2.29. The van der Waals surface area contributed by atoms with Crippen molar-refractivity contribution in [2.75, 3.05) is 7.05 Å². The van der Waals surface area contributed by atoms with Crippen LogP contribution in [0.3, 0.4) is 0 Å². The normalized spacial score (nSPS) is 11.2. The average Bonchev–Trinajstić information content (AvgIpc) is 2.42. The van der Waals surface area contributed by atoms with Crippen molar-refractivity contribution in [2.45, 2.75) is 33.1 Å². The summed E-state index contributed by atoms with van der Waals surface area (Å²) in [6, 6.07) is 8.54. The van der Waals surface area contributed by atoms with Gasteiger partial charge in [0.25, 0.3) is 0 Å². The van der Waals surface area contributed by atoms with E-state index >= 15 is 0 Å². The number of hydrazone groups is 1. The lowest BCUT2D eigenvalue weighted by Gasteiger charge is -2.05. The van der Waals surface area contributed by atoms with Gasteiger partial charge in [-0.25, -0.2) is 0 Å². The first-order chi connectivity index (χ1) is 8.67. The Balaban J connectivity index is 2.63. The molecule has 0 aromatic heterocycles. The molecular formula is C14H21N3S. The van der Waals surface area contributed by atoms with E-state index in [9.17, 15) is 0 Å². The summed E-state index contributed by atoms with van der Waals surface area (Å²) in [7, 11) is 1.77. The summed E-state index contributed by atoms with van der Waals surface area (Å²) in [5.41, 5.74) is 6.21. The van der Waals surface area contributed by atoms with Crippen LogP contribution in [0.25, 0.3) is 0 Å². The zero-order chi connectivity index (χ0) is 13.4. The summed E-state index contributed by atoms with van der Waals surface area (Å²) in [4.78, 5) is 0. The molecule has 2 N–H and O–H groups in total. The summed E-state index contributed by atoms with van der Waals surface area (Å²) in [6.07, 6.45) is 3.62. The summed E-state index contributed by atoms with van der Waals surface area (Å²) >= 11 is 4.96. The third-order valence-electron chi connectivity index (χ3n) is 2.74. The lowest BCUT2D eigenvalue weighted by atomic mass is 10.0. The fourth-order valence-electron chi connectivity index (χ4n) is 1.55. The zero-order valence-corrected chi connectivity index (χ0v) is 12.1. The maximum Gasteiger partial charge on any atom is 0.186 e. The van der Waals surface area contributed by atoms with Gasteiger partial charge in [-0.1, -0.05) is 37.6 Å². The molecular weight excluding hydrogens is 242 g/mol. The first-order valence-corrected chi connectivity index (χ1v) is 6.69. The van der Waals surface area contributed by atoms with E-state index in [1.54, 1.807) is 7.05 Å². The van der Waals surface area contributed by atoms with E-state index < -0.39 is 0 Å². The Morgan fingerprint density at radius 3 is 2.50 bits per heavy atom. The summed E-state index contributed by atoms with van der Waals surface area (Å²) in [5.74, 6) is 0. The van der Waals surface area contributed by atoms with Gasteiger partial charge in [-0.15, -0.1) is 0 Å². The maximum absolute atomic E-state index is 4.96. The average molecular weight is 263 g/mol. The number of hydrogen-bond donors (Lipinski definition) is 2. The monoisotopic (exact) mass is 263 g/mol. The van der Waals surface area contributed by atoms with Gasteiger partial charge in [0.2, 0.25) is 0 Å². The fourth-order valence-corrected chi connectivity index (χ4v) is 1.59. The van der Waals surface area contributed by atoms with E-state index in [4.69, 9.17) is 12.2 Å². The molecule has 0 amide bonds. The van der Waals surface area contributed by atoms with E-state index in [1.165, 1.54) is 18.4 Å². The molecule has 0 fully saturated rings. The van der Waals surface area contributed by atoms with E-state index in [-0.39, 0.29) is 0 Å². The molecule has 0 bridgehead atoms. The molecule has 0 saturated heterocycles. The number of thiocarbonyl (C=S) groups is 1. The minimum absolute atomic E-state index is 0.522. The Labute approximate surface area is 115 Å². The van der Waals surface area contributed by atoms with Crippen LogP contribution in [0.4, 0.5) is 0 Å². The molecule has 0 radical (unpaired) electrons. The maximum atomic E-state index is 4.96. The van der Waals surface area contributed by atoms with Crippen molar-refractivity contribution in [1.29, 1.82) is 0 Å². The van der Waals surface area contributed by atoms with Gasteiger partial charge in [0.1, 0.15) is 0 Å². The van der Waals surface area contributed by atoms with E-state index in [2.05, 4.69) is 47.0 Å². The summed E-state index contributed by atoms with van der Waals surface area (Å²) in [5, 5.41) is 7.56. The van der Waals surface area contributed by atoms with Crippen molar-refractivity contribution in [3.05, 3.63) is 35.4 Å². The van der Waals surface area contributed by atoms with Gasteiger partial charge in [-0.2, -0.15) is 5.10 Å². The molecule has 98 valence electrons. The van der Waals surface area contributed by atoms with Gasteiger partial charge in [-0.3, -0.25) is 5.43 Å². The predicted octanol–water partition coefficient (Wildman–Crippen LogP) is 2.85. The third kappa shape index (κ3) is 4.84. The molecule has 3 nitrogen and oxygen atoms in total. The highest BCUT2D eigenvalue weighted by Crippen LogP contribution is 2.08. The van der Waals surface area contributed by atoms with Crippen LogP contribution < -0.4 is 10.7 Å². The molecule has 0 atom stereocenters. The van der Waals surface area contributed by atoms with Gasteiger partial charge in [-0.05, 0) is 43.1 Å². The second kappa shape index (κ2) is 7.82. The van der Waals surface area contributed by atoms with Crippen LogP contribution in [0.1, 0.15) is 37.8 Å². The van der Waals surface area contributed by atoms with Gasteiger partial charge >= 0.3 is 0 Å². The van der Waals surface area contributed by atoms with Crippen molar-refractivity contribution in [1.82, 2.24) is 10.7 Å². The molecule has 0 heterocycles. The molecule has 1 aromatic carbocycles. The lowest BCUT2D eigenvalue weighted by molar-refractivity contribution is 0.795. The molecule has 0 aliphatic carbocycles. The SMILES string of the molecule is CCCCc1ccc(/C(C)=N\NC(=S)NC)cc1. The standard InChI is InChI=1S/C14H21N3S/c1-4-5-6-12-7-9-13(10-8-12)11(2)16-17-14(18)15-3/h7-10H,4-6H2,1-3H3,(H2,15,17,18)/b16-11-. The summed E-state index contributed by atoms with van der Waals surface area (Å²) in [6.45, 7) is 4.17. The first kappa shape index (κ1) is 14.6. The van der Waals surface area contributed by atoms with Crippen molar-refractivity contribution >= 4 is 23.0 Å². The van der Waals surface area contributed by atoms with E-state index in [0.29, 0.717) is 5.11 Å². The topological polar surface area (TPSA) is 36.4 Å². The molecule has 18 heavy (non-hydrogen) atoms. The quantitative estimate of drug-likeness (QED) is 0.487. The third-order valence-corrected chi connectivity index (χ3v) is 3.04. The Hall–Kier alpha value is -1.42. The Morgan fingerprint density at radius 1 is 1.28 bits per heavy atom. The van der Waals surface area contributed by atoms with Crippen molar-refractivity contribution < 1.29 is 0 Å². The largest absolute Gasteiger partial charge is 0.364 e. The van der Waals surface area contributed by atoms with Crippen LogP contribution in [-0.4, -0.2) is 17.9 Å². The zero-order valence-electron chi connectivity index (χ0n) is 11.3. The Morgan fingerprint density at radius 2 is 1.94 bits per heavy atom. The number of benzene rings is 1. The van der Waals surface area contributed by atoms with Crippen LogP contribution in [-0.2, 0) is 6.42 Å². The van der Waals surface area contributed by atoms with Crippen LogP contribution in [0, 0.1) is 0 Å². The van der Waals surface area contributed by atoms with Crippen LogP contribution in [0.5, 0.6) is 0 Å². The van der Waals surface area contributed by atoms with E-state index in [1.807, 2.05) is 6.92 Å². The Bertz CT molecular complexity index is 410. The second-order valence-corrected chi connectivity index (χ2v) is 4.60. The van der Waals surface area contributed by atoms with Gasteiger partial charge < -0.3 is 5.32 Å². The number of unbranched alkanes of at least 4 members (excludes halogenated alkanes) is 1. The van der Waals surface area contributed by atoms with Crippen molar-refractivity contribution in [2.24, 2.45) is 5.10 Å². The number of nitrogens with one attached hydrogen (secondary N) is 2. The summed E-state index contributed by atoms with van der Waals surface area (Å²) < 4.78 is 0. The predicted molar refractivity (Wildman–Crippen MR) is 82.1 cm³/mol. The minimum Gasteiger partial charge on any atom is -0.364 e. The van der Waals surface area contributed by atoms with Crippen LogP contribution >= 0.6 is 12.2 Å². The number of aryl methyl sites for hydroxylation is 1. The number of nitrogens with zero attached hydrogens (tertiary/aromatic N) is 1. The van der Waals surface area contributed by atoms with Gasteiger partial charge in [0, 0.05) is 7.05 Å². The van der Waals surface area contributed by atoms with E-state index in [0.717, 1.165) is 17.7 Å². The molecule has 1 rings (SSSR count). The first-order valence-electron chi connectivity index (χ1n) is 6.28. The molecule has 0 unspecified atom stereocenters. The van der Waals surface area contributed by atoms with Crippen molar-refractivity contribution in [3.63, 3.8) is 0 Å². The smallest absolute Gasteiger partial charge is 0.186 e. The molecule has 0 saturated carbocycles. The van der Waals surface area contributed by atoms with Gasteiger partial charge in [0.05, 0.1) is 5.71 Å². The number of hydrogen-bond acceptors (Lipinski definition) is 2. The van der Waals surface area contributed by atoms with Gasteiger partial charge in [0.15, 0.2) is 5.11 Å². The van der Waals surface area contributed by atoms with Crippen LogP contribution in [0.15, 0.2) is 29.4 Å². The van der Waals surface area contributed by atoms with Crippen LogP contribution in [0.2, 0.25) is 0 Å². The molecule has 4 heteroatoms. The second-order valence-electron chi connectivity index (χ2n) is 4.19. The highest BCUT2D eigenvalue weighted by Gasteiger charge is 1.98. The molecule has 1 aromatic rings. The Kier molecular flexibility index (Phi) is 6.36. The molecule has 0 aliphatic heterocycles. The highest BCUT2D eigenvalue weighted by molar-refractivity contribution is 7.80. The minimum atomic E-state index is 0.522. The molecule has 0 spiro atoms. The molecule has 0 aliphatic rings.